The summed E-state index contributed by atoms with van der Waals surface area (Å²) < 4.78 is 25.4. The lowest BCUT2D eigenvalue weighted by molar-refractivity contribution is 0.415. The minimum atomic E-state index is -3.41. The Kier molecular flexibility index (Phi) is 3.27. The molecule has 1 atom stereocenters. The molecule has 6 nitrogen and oxygen atoms in total. The summed E-state index contributed by atoms with van der Waals surface area (Å²) in [5.41, 5.74) is 0. The number of rotatable bonds is 4. The van der Waals surface area contributed by atoms with Crippen molar-refractivity contribution in [1.29, 1.82) is 0 Å². The quantitative estimate of drug-likeness (QED) is 0.767. The normalized spacial score (nSPS) is 21.8. The van der Waals surface area contributed by atoms with Gasteiger partial charge in [0.15, 0.2) is 5.03 Å². The molecule has 1 unspecified atom stereocenters. The standard InChI is InChI=1S/C9H16N4O2S/c1-13(7-8-3-2-5-10-8)16(14,15)9-4-6-11-12-9/h4,6,8,10H,2-3,5,7H2,1H3,(H,11,12). The highest BCUT2D eigenvalue weighted by Crippen LogP contribution is 2.13. The molecule has 0 spiro atoms. The maximum atomic E-state index is 12.0. The van der Waals surface area contributed by atoms with E-state index in [1.54, 1.807) is 7.05 Å². The first-order valence-electron chi connectivity index (χ1n) is 5.30. The van der Waals surface area contributed by atoms with Crippen LogP contribution in [0.1, 0.15) is 12.8 Å². The molecule has 2 N–H and O–H groups in total. The fourth-order valence-corrected chi connectivity index (χ4v) is 2.99. The van der Waals surface area contributed by atoms with Crippen LogP contribution in [0.4, 0.5) is 0 Å². The van der Waals surface area contributed by atoms with Gasteiger partial charge in [0, 0.05) is 19.6 Å². The topological polar surface area (TPSA) is 78.1 Å². The van der Waals surface area contributed by atoms with Gasteiger partial charge in [-0.3, -0.25) is 5.10 Å². The third-order valence-corrected chi connectivity index (χ3v) is 4.56. The van der Waals surface area contributed by atoms with Crippen LogP contribution < -0.4 is 5.32 Å². The van der Waals surface area contributed by atoms with Crippen LogP contribution in [0.3, 0.4) is 0 Å². The summed E-state index contributed by atoms with van der Waals surface area (Å²) in [4.78, 5) is 0. The smallest absolute Gasteiger partial charge is 0.259 e. The van der Waals surface area contributed by atoms with Crippen molar-refractivity contribution in [3.63, 3.8) is 0 Å². The number of H-pyrrole nitrogens is 1. The van der Waals surface area contributed by atoms with E-state index in [2.05, 4.69) is 15.5 Å². The second-order valence-corrected chi connectivity index (χ2v) is 6.01. The van der Waals surface area contributed by atoms with Crippen molar-refractivity contribution in [2.24, 2.45) is 0 Å². The van der Waals surface area contributed by atoms with Gasteiger partial charge in [-0.15, -0.1) is 0 Å². The summed E-state index contributed by atoms with van der Waals surface area (Å²) in [5, 5.41) is 9.56. The summed E-state index contributed by atoms with van der Waals surface area (Å²) in [5.74, 6) is 0. The highest BCUT2D eigenvalue weighted by molar-refractivity contribution is 7.89. The molecule has 1 aromatic rings. The Morgan fingerprint density at radius 2 is 2.44 bits per heavy atom. The van der Waals surface area contributed by atoms with Crippen molar-refractivity contribution < 1.29 is 8.42 Å². The molecule has 7 heteroatoms. The molecular weight excluding hydrogens is 228 g/mol. The third-order valence-electron chi connectivity index (χ3n) is 2.80. The van der Waals surface area contributed by atoms with Crippen molar-refractivity contribution in [2.45, 2.75) is 23.9 Å². The van der Waals surface area contributed by atoms with Crippen molar-refractivity contribution in [2.75, 3.05) is 20.1 Å². The van der Waals surface area contributed by atoms with Gasteiger partial charge in [-0.05, 0) is 25.5 Å². The Morgan fingerprint density at radius 1 is 1.62 bits per heavy atom. The molecule has 1 saturated heterocycles. The molecule has 0 aromatic carbocycles. The molecule has 2 heterocycles. The maximum absolute atomic E-state index is 12.0. The number of sulfonamides is 1. The van der Waals surface area contributed by atoms with E-state index in [-0.39, 0.29) is 11.1 Å². The fourth-order valence-electron chi connectivity index (χ4n) is 1.88. The Balaban J connectivity index is 2.06. The molecular formula is C9H16N4O2S. The van der Waals surface area contributed by atoms with Gasteiger partial charge < -0.3 is 5.32 Å². The lowest BCUT2D eigenvalue weighted by atomic mass is 10.2. The molecule has 0 saturated carbocycles. The van der Waals surface area contributed by atoms with Gasteiger partial charge in [0.1, 0.15) is 0 Å². The van der Waals surface area contributed by atoms with Crippen molar-refractivity contribution in [3.05, 3.63) is 12.3 Å². The molecule has 0 bridgehead atoms. The van der Waals surface area contributed by atoms with Crippen molar-refractivity contribution in [1.82, 2.24) is 19.8 Å². The van der Waals surface area contributed by atoms with E-state index in [1.807, 2.05) is 0 Å². The van der Waals surface area contributed by atoms with Gasteiger partial charge in [-0.1, -0.05) is 0 Å². The van der Waals surface area contributed by atoms with Gasteiger partial charge in [-0.25, -0.2) is 8.42 Å². The van der Waals surface area contributed by atoms with E-state index in [1.165, 1.54) is 16.6 Å². The molecule has 1 aromatic heterocycles. The van der Waals surface area contributed by atoms with E-state index in [4.69, 9.17) is 0 Å². The third kappa shape index (κ3) is 2.26. The zero-order valence-corrected chi connectivity index (χ0v) is 10.00. The Bertz CT molecular complexity index is 422. The van der Waals surface area contributed by atoms with Gasteiger partial charge in [0.05, 0.1) is 6.20 Å². The van der Waals surface area contributed by atoms with E-state index < -0.39 is 10.0 Å². The first-order chi connectivity index (χ1) is 7.60. The highest BCUT2D eigenvalue weighted by atomic mass is 32.2. The number of hydrogen-bond acceptors (Lipinski definition) is 4. The number of aromatic amines is 1. The largest absolute Gasteiger partial charge is 0.313 e. The van der Waals surface area contributed by atoms with E-state index in [0.29, 0.717) is 6.54 Å². The number of likely N-dealkylation sites (N-methyl/N-ethyl adjacent to an activating group) is 1. The van der Waals surface area contributed by atoms with Crippen molar-refractivity contribution >= 4 is 10.0 Å². The first-order valence-corrected chi connectivity index (χ1v) is 6.74. The number of hydrogen-bond donors (Lipinski definition) is 2. The monoisotopic (exact) mass is 244 g/mol. The number of nitrogens with zero attached hydrogens (tertiary/aromatic N) is 2. The average molecular weight is 244 g/mol. The zero-order valence-electron chi connectivity index (χ0n) is 9.18. The molecule has 16 heavy (non-hydrogen) atoms. The van der Waals surface area contributed by atoms with Crippen LogP contribution in [-0.4, -0.2) is 49.1 Å². The van der Waals surface area contributed by atoms with Gasteiger partial charge in [0.25, 0.3) is 10.0 Å². The van der Waals surface area contributed by atoms with Crippen LogP contribution >= 0.6 is 0 Å². The van der Waals surface area contributed by atoms with Crippen LogP contribution in [0.15, 0.2) is 17.3 Å². The summed E-state index contributed by atoms with van der Waals surface area (Å²) in [6, 6.07) is 1.73. The Labute approximate surface area is 95.1 Å². The van der Waals surface area contributed by atoms with E-state index in [0.717, 1.165) is 19.4 Å². The summed E-state index contributed by atoms with van der Waals surface area (Å²) in [7, 11) is -1.81. The zero-order chi connectivity index (χ0) is 11.6. The minimum Gasteiger partial charge on any atom is -0.313 e. The van der Waals surface area contributed by atoms with Crippen LogP contribution in [0.5, 0.6) is 0 Å². The molecule has 0 radical (unpaired) electrons. The molecule has 2 rings (SSSR count). The molecule has 0 aliphatic carbocycles. The predicted molar refractivity (Wildman–Crippen MR) is 59.4 cm³/mol. The van der Waals surface area contributed by atoms with Gasteiger partial charge >= 0.3 is 0 Å². The van der Waals surface area contributed by atoms with Crippen molar-refractivity contribution in [3.8, 4) is 0 Å². The molecule has 1 fully saturated rings. The fraction of sp³-hybridized carbons (Fsp3) is 0.667. The summed E-state index contributed by atoms with van der Waals surface area (Å²) in [6.07, 6.45) is 3.58. The van der Waals surface area contributed by atoms with Gasteiger partial charge in [-0.2, -0.15) is 9.40 Å². The Hall–Kier alpha value is -0.920. The molecule has 90 valence electrons. The van der Waals surface area contributed by atoms with Crippen LogP contribution in [0.25, 0.3) is 0 Å². The maximum Gasteiger partial charge on any atom is 0.259 e. The molecule has 0 amide bonds. The Morgan fingerprint density at radius 3 is 3.00 bits per heavy atom. The predicted octanol–water partition coefficient (Wildman–Crippen LogP) is -0.218. The van der Waals surface area contributed by atoms with Crippen LogP contribution in [0.2, 0.25) is 0 Å². The average Bonchev–Trinajstić information content (AvgIpc) is 2.89. The molecule has 1 aliphatic heterocycles. The highest BCUT2D eigenvalue weighted by Gasteiger charge is 2.25. The van der Waals surface area contributed by atoms with Crippen LogP contribution in [0, 0.1) is 0 Å². The summed E-state index contributed by atoms with van der Waals surface area (Å²) >= 11 is 0. The lowest BCUT2D eigenvalue weighted by Gasteiger charge is -2.19. The van der Waals surface area contributed by atoms with E-state index >= 15 is 0 Å². The van der Waals surface area contributed by atoms with Gasteiger partial charge in [0.2, 0.25) is 0 Å². The van der Waals surface area contributed by atoms with Crippen LogP contribution in [-0.2, 0) is 10.0 Å². The number of nitrogens with one attached hydrogen (secondary N) is 2. The SMILES string of the molecule is CN(CC1CCCN1)S(=O)(=O)c1ccn[nH]1. The van der Waals surface area contributed by atoms with E-state index in [9.17, 15) is 8.42 Å². The summed E-state index contributed by atoms with van der Waals surface area (Å²) in [6.45, 7) is 1.48. The number of aromatic nitrogens is 2. The second kappa shape index (κ2) is 4.52. The minimum absolute atomic E-state index is 0.146. The second-order valence-electron chi connectivity index (χ2n) is 4.00. The first kappa shape index (κ1) is 11.6. The lowest BCUT2D eigenvalue weighted by Crippen LogP contribution is -2.38. The molecule has 1 aliphatic rings.